The molecule has 0 saturated carbocycles. The van der Waals surface area contributed by atoms with Crippen molar-refractivity contribution in [1.82, 2.24) is 0 Å². The van der Waals surface area contributed by atoms with E-state index >= 15 is 0 Å². The maximum Gasteiger partial charge on any atom is 0.231 e. The van der Waals surface area contributed by atoms with Crippen LogP contribution in [0.5, 0.6) is 11.5 Å². The van der Waals surface area contributed by atoms with Crippen molar-refractivity contribution in [3.8, 4) is 11.5 Å². The second-order valence-corrected chi connectivity index (χ2v) is 4.01. The van der Waals surface area contributed by atoms with Crippen LogP contribution >= 0.6 is 12.6 Å². The molecule has 1 heterocycles. The normalized spacial score (nSPS) is 15.6. The number of benzene rings is 1. The summed E-state index contributed by atoms with van der Waals surface area (Å²) in [7, 11) is 0. The molecule has 0 radical (unpaired) electrons. The lowest BCUT2D eigenvalue weighted by molar-refractivity contribution is 0.174. The van der Waals surface area contributed by atoms with Gasteiger partial charge < -0.3 is 15.2 Å². The van der Waals surface area contributed by atoms with Gasteiger partial charge in [0.05, 0.1) is 0 Å². The average Bonchev–Trinajstić information content (AvgIpc) is 2.64. The SMILES string of the molecule is NCC(S)Cc1ccc2c(c1)OCO2. The van der Waals surface area contributed by atoms with Gasteiger partial charge in [-0.25, -0.2) is 0 Å². The van der Waals surface area contributed by atoms with Gasteiger partial charge >= 0.3 is 0 Å². The Bertz CT molecular complexity index is 330. The second-order valence-electron chi connectivity index (χ2n) is 3.28. The van der Waals surface area contributed by atoms with E-state index < -0.39 is 0 Å². The van der Waals surface area contributed by atoms with E-state index in [4.69, 9.17) is 15.2 Å². The van der Waals surface area contributed by atoms with Crippen LogP contribution in [0.15, 0.2) is 18.2 Å². The van der Waals surface area contributed by atoms with Crippen LogP contribution in [0, 0.1) is 0 Å². The summed E-state index contributed by atoms with van der Waals surface area (Å²) >= 11 is 4.35. The summed E-state index contributed by atoms with van der Waals surface area (Å²) in [6, 6.07) is 5.93. The molecule has 1 aromatic carbocycles. The smallest absolute Gasteiger partial charge is 0.231 e. The van der Waals surface area contributed by atoms with E-state index in [0.29, 0.717) is 13.3 Å². The largest absolute Gasteiger partial charge is 0.454 e. The zero-order chi connectivity index (χ0) is 9.97. The minimum absolute atomic E-state index is 0.204. The molecule has 0 saturated heterocycles. The standard InChI is InChI=1S/C10H13NO2S/c11-5-8(14)3-7-1-2-9-10(4-7)13-6-12-9/h1-2,4,8,14H,3,5-6,11H2. The summed E-state index contributed by atoms with van der Waals surface area (Å²) in [6.45, 7) is 0.900. The lowest BCUT2D eigenvalue weighted by Crippen LogP contribution is -2.16. The number of rotatable bonds is 3. The maximum atomic E-state index is 5.50. The van der Waals surface area contributed by atoms with Gasteiger partial charge in [0.2, 0.25) is 6.79 Å². The number of nitrogens with two attached hydrogens (primary N) is 1. The van der Waals surface area contributed by atoms with E-state index in [1.54, 1.807) is 0 Å². The number of hydrogen-bond donors (Lipinski definition) is 2. The van der Waals surface area contributed by atoms with Crippen LogP contribution in [0.4, 0.5) is 0 Å². The van der Waals surface area contributed by atoms with Crippen LogP contribution in [0.25, 0.3) is 0 Å². The van der Waals surface area contributed by atoms with Crippen molar-refractivity contribution < 1.29 is 9.47 Å². The zero-order valence-electron chi connectivity index (χ0n) is 7.77. The molecular weight excluding hydrogens is 198 g/mol. The molecule has 0 fully saturated rings. The summed E-state index contributed by atoms with van der Waals surface area (Å²) in [4.78, 5) is 0. The fraction of sp³-hybridized carbons (Fsp3) is 0.400. The number of ether oxygens (including phenoxy) is 2. The third-order valence-electron chi connectivity index (χ3n) is 2.18. The molecule has 14 heavy (non-hydrogen) atoms. The molecule has 1 atom stereocenters. The van der Waals surface area contributed by atoms with E-state index in [2.05, 4.69) is 12.6 Å². The topological polar surface area (TPSA) is 44.5 Å². The summed E-state index contributed by atoms with van der Waals surface area (Å²) in [5.41, 5.74) is 6.68. The highest BCUT2D eigenvalue weighted by atomic mass is 32.1. The van der Waals surface area contributed by atoms with E-state index in [1.807, 2.05) is 18.2 Å². The van der Waals surface area contributed by atoms with Gasteiger partial charge in [-0.05, 0) is 24.1 Å². The quantitative estimate of drug-likeness (QED) is 0.739. The molecule has 2 rings (SSSR count). The van der Waals surface area contributed by atoms with Crippen molar-refractivity contribution in [2.45, 2.75) is 11.7 Å². The number of hydrogen-bond acceptors (Lipinski definition) is 4. The fourth-order valence-corrected chi connectivity index (χ4v) is 1.63. The third kappa shape index (κ3) is 1.96. The molecule has 76 valence electrons. The van der Waals surface area contributed by atoms with Gasteiger partial charge in [0.15, 0.2) is 11.5 Å². The highest BCUT2D eigenvalue weighted by Gasteiger charge is 2.13. The molecule has 3 nitrogen and oxygen atoms in total. The molecule has 4 heteroatoms. The Morgan fingerprint density at radius 2 is 2.14 bits per heavy atom. The van der Waals surface area contributed by atoms with Gasteiger partial charge in [0.1, 0.15) is 0 Å². The summed E-state index contributed by atoms with van der Waals surface area (Å²) < 4.78 is 10.5. The average molecular weight is 211 g/mol. The second kappa shape index (κ2) is 4.11. The number of fused-ring (bicyclic) bond motifs is 1. The minimum atomic E-state index is 0.204. The third-order valence-corrected chi connectivity index (χ3v) is 2.57. The molecule has 0 amide bonds. The van der Waals surface area contributed by atoms with E-state index in [0.717, 1.165) is 17.9 Å². The highest BCUT2D eigenvalue weighted by Crippen LogP contribution is 2.32. The monoisotopic (exact) mass is 211 g/mol. The van der Waals surface area contributed by atoms with Gasteiger partial charge in [-0.2, -0.15) is 12.6 Å². The maximum absolute atomic E-state index is 5.50. The molecule has 2 N–H and O–H groups in total. The molecule has 0 aliphatic carbocycles. The van der Waals surface area contributed by atoms with Crippen molar-refractivity contribution >= 4 is 12.6 Å². The van der Waals surface area contributed by atoms with Crippen LogP contribution < -0.4 is 15.2 Å². The predicted octanol–water partition coefficient (Wildman–Crippen LogP) is 1.21. The predicted molar refractivity (Wildman–Crippen MR) is 58.1 cm³/mol. The van der Waals surface area contributed by atoms with Crippen LogP contribution in [-0.4, -0.2) is 18.6 Å². The lowest BCUT2D eigenvalue weighted by atomic mass is 10.1. The van der Waals surface area contributed by atoms with E-state index in [1.165, 1.54) is 5.56 Å². The fourth-order valence-electron chi connectivity index (χ4n) is 1.42. The van der Waals surface area contributed by atoms with Crippen molar-refractivity contribution in [2.75, 3.05) is 13.3 Å². The molecule has 1 aliphatic rings. The summed E-state index contributed by atoms with van der Waals surface area (Å²) in [5, 5.41) is 0.204. The Hall–Kier alpha value is -0.870. The van der Waals surface area contributed by atoms with Gasteiger partial charge in [-0.3, -0.25) is 0 Å². The molecular formula is C10H13NO2S. The van der Waals surface area contributed by atoms with Crippen molar-refractivity contribution in [1.29, 1.82) is 0 Å². The molecule has 1 aromatic rings. The Morgan fingerprint density at radius 3 is 2.93 bits per heavy atom. The Labute approximate surface area is 88.6 Å². The zero-order valence-corrected chi connectivity index (χ0v) is 8.67. The van der Waals surface area contributed by atoms with E-state index in [9.17, 15) is 0 Å². The van der Waals surface area contributed by atoms with Crippen molar-refractivity contribution in [3.63, 3.8) is 0 Å². The van der Waals surface area contributed by atoms with Crippen LogP contribution in [0.1, 0.15) is 5.56 Å². The van der Waals surface area contributed by atoms with Gasteiger partial charge in [-0.15, -0.1) is 0 Å². The van der Waals surface area contributed by atoms with Crippen molar-refractivity contribution in [3.05, 3.63) is 23.8 Å². The van der Waals surface area contributed by atoms with Gasteiger partial charge in [-0.1, -0.05) is 6.07 Å². The van der Waals surface area contributed by atoms with Crippen LogP contribution in [0.3, 0.4) is 0 Å². The molecule has 0 bridgehead atoms. The van der Waals surface area contributed by atoms with Crippen LogP contribution in [-0.2, 0) is 6.42 Å². The molecule has 0 aromatic heterocycles. The first kappa shape index (κ1) is 9.68. The van der Waals surface area contributed by atoms with Crippen molar-refractivity contribution in [2.24, 2.45) is 5.73 Å². The Balaban J connectivity index is 2.12. The summed E-state index contributed by atoms with van der Waals surface area (Å²) in [5.74, 6) is 1.64. The molecule has 0 spiro atoms. The Morgan fingerprint density at radius 1 is 1.36 bits per heavy atom. The first-order valence-electron chi connectivity index (χ1n) is 4.56. The van der Waals surface area contributed by atoms with Crippen LogP contribution in [0.2, 0.25) is 0 Å². The highest BCUT2D eigenvalue weighted by molar-refractivity contribution is 7.81. The van der Waals surface area contributed by atoms with Gasteiger partial charge in [0, 0.05) is 11.8 Å². The first-order valence-corrected chi connectivity index (χ1v) is 5.08. The van der Waals surface area contributed by atoms with E-state index in [-0.39, 0.29) is 5.25 Å². The number of thiol groups is 1. The first-order chi connectivity index (χ1) is 6.79. The lowest BCUT2D eigenvalue weighted by Gasteiger charge is -2.07. The van der Waals surface area contributed by atoms with Gasteiger partial charge in [0.25, 0.3) is 0 Å². The minimum Gasteiger partial charge on any atom is -0.454 e. The Kier molecular flexibility index (Phi) is 2.84. The molecule has 1 unspecified atom stereocenters. The molecule has 1 aliphatic heterocycles. The summed E-state index contributed by atoms with van der Waals surface area (Å²) in [6.07, 6.45) is 0.857.